The molecule has 4 heteroatoms. The maximum atomic E-state index is 11.5. The van der Waals surface area contributed by atoms with Crippen LogP contribution in [0.25, 0.3) is 0 Å². The van der Waals surface area contributed by atoms with Gasteiger partial charge in [-0.15, -0.1) is 0 Å². The topological polar surface area (TPSA) is 32.8 Å². The van der Waals surface area contributed by atoms with E-state index in [0.29, 0.717) is 13.0 Å². The fourth-order valence-corrected chi connectivity index (χ4v) is 4.06. The maximum absolute atomic E-state index is 11.5. The van der Waals surface area contributed by atoms with Gasteiger partial charge in [-0.05, 0) is 58.0 Å². The second-order valence-corrected chi connectivity index (χ2v) is 6.58. The van der Waals surface area contributed by atoms with Crippen LogP contribution in [0, 0.1) is 5.92 Å². The summed E-state index contributed by atoms with van der Waals surface area (Å²) in [6.07, 6.45) is 7.44. The van der Waals surface area contributed by atoms with Crippen LogP contribution >= 0.6 is 0 Å². The molecule has 0 amide bonds. The van der Waals surface area contributed by atoms with Gasteiger partial charge in [0.15, 0.2) is 0 Å². The van der Waals surface area contributed by atoms with Crippen molar-refractivity contribution in [3.63, 3.8) is 0 Å². The van der Waals surface area contributed by atoms with E-state index < -0.39 is 0 Å². The van der Waals surface area contributed by atoms with Crippen LogP contribution in [0.5, 0.6) is 0 Å². The van der Waals surface area contributed by atoms with Crippen molar-refractivity contribution in [3.8, 4) is 0 Å². The number of fused-ring (bicyclic) bond motifs is 1. The zero-order valence-electron chi connectivity index (χ0n) is 12.7. The largest absolute Gasteiger partial charge is 0.466 e. The lowest BCUT2D eigenvalue weighted by molar-refractivity contribution is -0.143. The molecule has 20 heavy (non-hydrogen) atoms. The van der Waals surface area contributed by atoms with Crippen molar-refractivity contribution in [2.75, 3.05) is 32.8 Å². The van der Waals surface area contributed by atoms with E-state index in [1.807, 2.05) is 6.92 Å². The zero-order valence-corrected chi connectivity index (χ0v) is 12.7. The highest BCUT2D eigenvalue weighted by molar-refractivity contribution is 5.69. The zero-order chi connectivity index (χ0) is 13.9. The minimum Gasteiger partial charge on any atom is -0.466 e. The second kappa shape index (κ2) is 6.44. The number of esters is 1. The highest BCUT2D eigenvalue weighted by atomic mass is 16.5. The second-order valence-electron chi connectivity index (χ2n) is 6.58. The highest BCUT2D eigenvalue weighted by Gasteiger charge is 2.41. The quantitative estimate of drug-likeness (QED) is 0.720. The number of hydrogen-bond acceptors (Lipinski definition) is 4. The molecule has 3 rings (SSSR count). The number of likely N-dealkylation sites (tertiary alicyclic amines) is 2. The maximum Gasteiger partial charge on any atom is 0.307 e. The predicted octanol–water partition coefficient (Wildman–Crippen LogP) is 1.89. The Kier molecular flexibility index (Phi) is 4.61. The summed E-state index contributed by atoms with van der Waals surface area (Å²) >= 11 is 0. The molecule has 0 spiro atoms. The van der Waals surface area contributed by atoms with Gasteiger partial charge < -0.3 is 9.64 Å². The first-order chi connectivity index (χ1) is 9.78. The molecule has 0 unspecified atom stereocenters. The summed E-state index contributed by atoms with van der Waals surface area (Å²) in [5, 5.41) is 0. The van der Waals surface area contributed by atoms with Crippen LogP contribution in [0.2, 0.25) is 0 Å². The molecule has 0 bridgehead atoms. The summed E-state index contributed by atoms with van der Waals surface area (Å²) in [7, 11) is 0. The van der Waals surface area contributed by atoms with Crippen LogP contribution in [0.15, 0.2) is 0 Å². The van der Waals surface area contributed by atoms with E-state index in [9.17, 15) is 4.79 Å². The van der Waals surface area contributed by atoms with Gasteiger partial charge in [0, 0.05) is 25.2 Å². The van der Waals surface area contributed by atoms with Crippen molar-refractivity contribution in [2.45, 2.75) is 57.5 Å². The molecule has 2 heterocycles. The third-order valence-electron chi connectivity index (χ3n) is 5.15. The number of ether oxygens (including phenoxy) is 1. The molecule has 1 aliphatic carbocycles. The van der Waals surface area contributed by atoms with E-state index in [4.69, 9.17) is 4.74 Å². The van der Waals surface area contributed by atoms with Gasteiger partial charge in [0.05, 0.1) is 13.0 Å². The average molecular weight is 280 g/mol. The van der Waals surface area contributed by atoms with Crippen molar-refractivity contribution in [3.05, 3.63) is 0 Å². The molecular weight excluding hydrogens is 252 g/mol. The summed E-state index contributed by atoms with van der Waals surface area (Å²) in [6.45, 7) is 6.93. The van der Waals surface area contributed by atoms with E-state index in [0.717, 1.165) is 31.1 Å². The van der Waals surface area contributed by atoms with Crippen LogP contribution < -0.4 is 0 Å². The Morgan fingerprint density at radius 1 is 1.20 bits per heavy atom. The SMILES string of the molecule is CCOC(=O)CCN1CC[C@H]2[C@@H](CCCN2C2CC2)C1. The Morgan fingerprint density at radius 2 is 2.05 bits per heavy atom. The molecule has 0 aromatic rings. The molecule has 0 aromatic heterocycles. The molecule has 1 saturated carbocycles. The Balaban J connectivity index is 1.47. The van der Waals surface area contributed by atoms with Gasteiger partial charge in [-0.2, -0.15) is 0 Å². The summed E-state index contributed by atoms with van der Waals surface area (Å²) in [6, 6.07) is 1.74. The van der Waals surface area contributed by atoms with Crippen LogP contribution in [-0.2, 0) is 9.53 Å². The smallest absolute Gasteiger partial charge is 0.307 e. The third-order valence-corrected chi connectivity index (χ3v) is 5.15. The van der Waals surface area contributed by atoms with Crippen molar-refractivity contribution < 1.29 is 9.53 Å². The number of nitrogens with zero attached hydrogens (tertiary/aromatic N) is 2. The number of rotatable bonds is 5. The van der Waals surface area contributed by atoms with E-state index in [2.05, 4.69) is 9.80 Å². The number of carbonyl (C=O) groups is 1. The number of hydrogen-bond donors (Lipinski definition) is 0. The number of carbonyl (C=O) groups excluding carboxylic acids is 1. The third kappa shape index (κ3) is 3.34. The first kappa shape index (κ1) is 14.3. The molecule has 0 aromatic carbocycles. The normalized spacial score (nSPS) is 31.9. The van der Waals surface area contributed by atoms with Crippen molar-refractivity contribution in [2.24, 2.45) is 5.92 Å². The van der Waals surface area contributed by atoms with Crippen molar-refractivity contribution in [1.29, 1.82) is 0 Å². The molecule has 114 valence electrons. The molecule has 3 aliphatic rings. The fraction of sp³-hybridized carbons (Fsp3) is 0.938. The monoisotopic (exact) mass is 280 g/mol. The van der Waals surface area contributed by atoms with Gasteiger partial charge in [0.2, 0.25) is 0 Å². The van der Waals surface area contributed by atoms with Crippen LogP contribution in [0.3, 0.4) is 0 Å². The fourth-order valence-electron chi connectivity index (χ4n) is 4.06. The molecule has 0 radical (unpaired) electrons. The summed E-state index contributed by atoms with van der Waals surface area (Å²) in [5.41, 5.74) is 0. The van der Waals surface area contributed by atoms with Crippen LogP contribution in [0.1, 0.15) is 45.4 Å². The first-order valence-corrected chi connectivity index (χ1v) is 8.41. The standard InChI is InChI=1S/C16H28N2O2/c1-2-20-16(19)8-11-17-10-7-15-13(12-17)4-3-9-18(15)14-5-6-14/h13-15H,2-12H2,1H3/t13-,15-/m0/s1. The minimum atomic E-state index is -0.0436. The molecule has 0 N–H and O–H groups in total. The van der Waals surface area contributed by atoms with Gasteiger partial charge in [-0.3, -0.25) is 9.69 Å². The van der Waals surface area contributed by atoms with Gasteiger partial charge in [-0.25, -0.2) is 0 Å². The summed E-state index contributed by atoms with van der Waals surface area (Å²) < 4.78 is 5.02. The molecule has 3 fully saturated rings. The van der Waals surface area contributed by atoms with Gasteiger partial charge in [0.1, 0.15) is 0 Å². The van der Waals surface area contributed by atoms with E-state index in [-0.39, 0.29) is 5.97 Å². The lowest BCUT2D eigenvalue weighted by atomic mass is 9.83. The molecule has 4 nitrogen and oxygen atoms in total. The van der Waals surface area contributed by atoms with Crippen molar-refractivity contribution in [1.82, 2.24) is 9.80 Å². The Bertz CT molecular complexity index is 343. The average Bonchev–Trinajstić information content (AvgIpc) is 3.29. The lowest BCUT2D eigenvalue weighted by Gasteiger charge is -2.47. The lowest BCUT2D eigenvalue weighted by Crippen LogP contribution is -2.54. The van der Waals surface area contributed by atoms with Gasteiger partial charge in [-0.1, -0.05) is 0 Å². The van der Waals surface area contributed by atoms with Crippen molar-refractivity contribution >= 4 is 5.97 Å². The highest BCUT2D eigenvalue weighted by Crippen LogP contribution is 2.38. The molecule has 2 aliphatic heterocycles. The molecular formula is C16H28N2O2. The van der Waals surface area contributed by atoms with Crippen LogP contribution in [-0.4, -0.2) is 60.6 Å². The molecule has 2 saturated heterocycles. The van der Waals surface area contributed by atoms with Gasteiger partial charge >= 0.3 is 5.97 Å². The Labute approximate surface area is 122 Å². The first-order valence-electron chi connectivity index (χ1n) is 8.41. The predicted molar refractivity (Wildman–Crippen MR) is 78.5 cm³/mol. The van der Waals surface area contributed by atoms with Crippen LogP contribution in [0.4, 0.5) is 0 Å². The van der Waals surface area contributed by atoms with E-state index >= 15 is 0 Å². The minimum absolute atomic E-state index is 0.0436. The Hall–Kier alpha value is -0.610. The Morgan fingerprint density at radius 3 is 2.80 bits per heavy atom. The number of piperidine rings is 2. The van der Waals surface area contributed by atoms with Gasteiger partial charge in [0.25, 0.3) is 0 Å². The van der Waals surface area contributed by atoms with E-state index in [1.165, 1.54) is 45.2 Å². The summed E-state index contributed by atoms with van der Waals surface area (Å²) in [5.74, 6) is 0.790. The molecule has 2 atom stereocenters. The summed E-state index contributed by atoms with van der Waals surface area (Å²) in [4.78, 5) is 16.7. The van der Waals surface area contributed by atoms with E-state index in [1.54, 1.807) is 0 Å².